The van der Waals surface area contributed by atoms with Gasteiger partial charge in [0.1, 0.15) is 18.3 Å². The number of nitrogens with zero attached hydrogens (tertiary/aromatic N) is 1. The van der Waals surface area contributed by atoms with Gasteiger partial charge in [0, 0.05) is 49.8 Å². The molecule has 0 unspecified atom stereocenters. The van der Waals surface area contributed by atoms with Crippen molar-refractivity contribution in [3.63, 3.8) is 0 Å². The minimum atomic E-state index is -1.31. The van der Waals surface area contributed by atoms with E-state index in [1.807, 2.05) is 60.7 Å². The van der Waals surface area contributed by atoms with Crippen molar-refractivity contribution in [2.24, 2.45) is 0 Å². The average Bonchev–Trinajstić information content (AvgIpc) is 3.44. The smallest absolute Gasteiger partial charge is 0.338 e. The molecule has 3 aromatic carbocycles. The molecular weight excluding hydrogens is 548 g/mol. The fraction of sp³-hybridized carbons (Fsp3) is 0.265. The Bertz CT molecular complexity index is 1480. The van der Waals surface area contributed by atoms with E-state index in [9.17, 15) is 19.5 Å². The van der Waals surface area contributed by atoms with E-state index in [4.69, 9.17) is 14.2 Å². The van der Waals surface area contributed by atoms with Crippen LogP contribution in [0.1, 0.15) is 33.5 Å². The Morgan fingerprint density at radius 2 is 1.65 bits per heavy atom. The van der Waals surface area contributed by atoms with E-state index in [1.54, 1.807) is 50.5 Å². The number of carbonyl (C=O) groups is 3. The predicted octanol–water partition coefficient (Wildman–Crippen LogP) is 3.44. The van der Waals surface area contributed by atoms with Crippen LogP contribution < -0.4 is 5.32 Å². The zero-order valence-corrected chi connectivity index (χ0v) is 24.0. The van der Waals surface area contributed by atoms with Crippen LogP contribution in [0.15, 0.2) is 103 Å². The maximum Gasteiger partial charge on any atom is 0.338 e. The van der Waals surface area contributed by atoms with Gasteiger partial charge in [-0.1, -0.05) is 72.8 Å². The Kier molecular flexibility index (Phi) is 9.16. The number of fused-ring (bicyclic) bond motifs is 1. The zero-order chi connectivity index (χ0) is 30.4. The first-order chi connectivity index (χ1) is 20.8. The first-order valence-electron chi connectivity index (χ1n) is 14.1. The van der Waals surface area contributed by atoms with Gasteiger partial charge in [-0.15, -0.1) is 0 Å². The molecule has 43 heavy (non-hydrogen) atoms. The second-order valence-corrected chi connectivity index (χ2v) is 10.5. The standard InChI is InChI=1S/C34H34N2O7/c1-36(2)30(38)17-16-23-10-9-11-24(20-23)33(40)41-28-21-25(32(39)35-18-19-37)22-29-31(28)43-34(42-29,26-12-5-3-6-13-26)27-14-7-4-8-15-27/h3-17,20,22,28-29,31,37H,18-19,21H2,1-2H3,(H,35,39)/t28-,29-,31+/m1/s1. The van der Waals surface area contributed by atoms with Crippen molar-refractivity contribution in [2.45, 2.75) is 30.5 Å². The van der Waals surface area contributed by atoms with Gasteiger partial charge in [-0.05, 0) is 29.8 Å². The molecule has 5 rings (SSSR count). The van der Waals surface area contributed by atoms with E-state index in [0.717, 1.165) is 11.1 Å². The summed E-state index contributed by atoms with van der Waals surface area (Å²) >= 11 is 0. The Morgan fingerprint density at radius 1 is 0.977 bits per heavy atom. The summed E-state index contributed by atoms with van der Waals surface area (Å²) in [6, 6.07) is 25.7. The van der Waals surface area contributed by atoms with Gasteiger partial charge in [0.15, 0.2) is 0 Å². The van der Waals surface area contributed by atoms with Crippen molar-refractivity contribution in [1.82, 2.24) is 10.2 Å². The van der Waals surface area contributed by atoms with E-state index in [1.165, 1.54) is 11.0 Å². The Balaban J connectivity index is 1.47. The molecule has 1 aliphatic heterocycles. The van der Waals surface area contributed by atoms with Gasteiger partial charge in [-0.3, -0.25) is 9.59 Å². The molecule has 0 saturated carbocycles. The number of carbonyl (C=O) groups excluding carboxylic acids is 3. The van der Waals surface area contributed by atoms with Crippen molar-refractivity contribution in [2.75, 3.05) is 27.2 Å². The second-order valence-electron chi connectivity index (χ2n) is 10.5. The lowest BCUT2D eigenvalue weighted by Gasteiger charge is -2.31. The molecule has 1 aliphatic carbocycles. The predicted molar refractivity (Wildman–Crippen MR) is 160 cm³/mol. The van der Waals surface area contributed by atoms with Crippen molar-refractivity contribution in [1.29, 1.82) is 0 Å². The molecule has 2 amide bonds. The molecule has 3 atom stereocenters. The van der Waals surface area contributed by atoms with E-state index in [2.05, 4.69) is 5.32 Å². The van der Waals surface area contributed by atoms with Crippen molar-refractivity contribution in [3.8, 4) is 0 Å². The number of aliphatic hydroxyl groups is 1. The highest BCUT2D eigenvalue weighted by Gasteiger charge is 2.54. The summed E-state index contributed by atoms with van der Waals surface area (Å²) in [5.41, 5.74) is 2.82. The van der Waals surface area contributed by atoms with Crippen LogP contribution in [0.3, 0.4) is 0 Å². The monoisotopic (exact) mass is 582 g/mol. The first-order valence-corrected chi connectivity index (χ1v) is 14.1. The van der Waals surface area contributed by atoms with Gasteiger partial charge in [0.25, 0.3) is 0 Å². The number of amides is 2. The van der Waals surface area contributed by atoms with E-state index in [-0.39, 0.29) is 37.0 Å². The normalized spacial score (nSPS) is 20.6. The highest BCUT2D eigenvalue weighted by Crippen LogP contribution is 2.47. The molecule has 2 N–H and O–H groups in total. The van der Waals surface area contributed by atoms with E-state index < -0.39 is 30.1 Å². The number of ether oxygens (including phenoxy) is 3. The van der Waals surface area contributed by atoms with Gasteiger partial charge in [0.05, 0.1) is 12.2 Å². The molecule has 1 fully saturated rings. The number of rotatable bonds is 9. The van der Waals surface area contributed by atoms with Crippen LogP contribution in [0, 0.1) is 0 Å². The number of aliphatic hydroxyl groups excluding tert-OH is 1. The van der Waals surface area contributed by atoms with E-state index in [0.29, 0.717) is 11.1 Å². The summed E-state index contributed by atoms with van der Waals surface area (Å²) in [6.07, 6.45) is 2.56. The van der Waals surface area contributed by atoms with Gasteiger partial charge in [-0.2, -0.15) is 0 Å². The average molecular weight is 583 g/mol. The molecule has 9 nitrogen and oxygen atoms in total. The lowest BCUT2D eigenvalue weighted by Crippen LogP contribution is -2.43. The maximum atomic E-state index is 13.5. The third kappa shape index (κ3) is 6.59. The van der Waals surface area contributed by atoms with Crippen molar-refractivity contribution >= 4 is 23.9 Å². The van der Waals surface area contributed by atoms with Crippen LogP contribution in [-0.4, -0.2) is 73.3 Å². The number of likely N-dealkylation sites (N-methyl/N-ethyl adjacent to an activating group) is 1. The summed E-state index contributed by atoms with van der Waals surface area (Å²) in [5, 5.41) is 11.9. The van der Waals surface area contributed by atoms with Crippen LogP contribution in [0.4, 0.5) is 0 Å². The number of esters is 1. The lowest BCUT2D eigenvalue weighted by molar-refractivity contribution is -0.157. The quantitative estimate of drug-likeness (QED) is 0.294. The molecular formula is C34H34N2O7. The summed E-state index contributed by atoms with van der Waals surface area (Å²) in [7, 11) is 3.31. The fourth-order valence-electron chi connectivity index (χ4n) is 5.17. The van der Waals surface area contributed by atoms with Crippen LogP contribution in [0.2, 0.25) is 0 Å². The summed E-state index contributed by atoms with van der Waals surface area (Å²) < 4.78 is 19.4. The minimum Gasteiger partial charge on any atom is -0.456 e. The maximum absolute atomic E-state index is 13.5. The topological polar surface area (TPSA) is 114 Å². The molecule has 2 aliphatic rings. The largest absolute Gasteiger partial charge is 0.456 e. The third-order valence-electron chi connectivity index (χ3n) is 7.32. The Labute approximate surface area is 250 Å². The number of hydrogen-bond donors (Lipinski definition) is 2. The SMILES string of the molecule is CN(C)C(=O)C=Cc1cccc(C(=O)O[C@@H]2CC(C(=O)NCCO)=C[C@H]3OC(c4ccccc4)(c4ccccc4)O[C@H]32)c1. The highest BCUT2D eigenvalue weighted by molar-refractivity contribution is 5.95. The van der Waals surface area contributed by atoms with Crippen LogP contribution in [0.25, 0.3) is 6.08 Å². The molecule has 1 heterocycles. The van der Waals surface area contributed by atoms with Gasteiger partial charge >= 0.3 is 5.97 Å². The van der Waals surface area contributed by atoms with E-state index >= 15 is 0 Å². The van der Waals surface area contributed by atoms with Crippen LogP contribution >= 0.6 is 0 Å². The van der Waals surface area contributed by atoms with Gasteiger partial charge in [0.2, 0.25) is 17.6 Å². The summed E-state index contributed by atoms with van der Waals surface area (Å²) in [6.45, 7) is -0.125. The summed E-state index contributed by atoms with van der Waals surface area (Å²) in [4.78, 5) is 39.9. The molecule has 0 spiro atoms. The molecule has 3 aromatic rings. The fourth-order valence-corrected chi connectivity index (χ4v) is 5.17. The number of benzene rings is 3. The number of hydrogen-bond acceptors (Lipinski definition) is 7. The molecule has 1 saturated heterocycles. The minimum absolute atomic E-state index is 0.0840. The molecule has 9 heteroatoms. The van der Waals surface area contributed by atoms with Crippen molar-refractivity contribution in [3.05, 3.63) is 125 Å². The summed E-state index contributed by atoms with van der Waals surface area (Å²) in [5.74, 6) is -2.47. The Hall–Kier alpha value is -4.57. The molecule has 0 aromatic heterocycles. The molecule has 222 valence electrons. The second kappa shape index (κ2) is 13.2. The molecule has 0 bridgehead atoms. The van der Waals surface area contributed by atoms with Crippen LogP contribution in [0.5, 0.6) is 0 Å². The Morgan fingerprint density at radius 3 is 2.28 bits per heavy atom. The van der Waals surface area contributed by atoms with Gasteiger partial charge in [-0.25, -0.2) is 4.79 Å². The zero-order valence-electron chi connectivity index (χ0n) is 24.0. The van der Waals surface area contributed by atoms with Gasteiger partial charge < -0.3 is 29.5 Å². The lowest BCUT2D eigenvalue weighted by atomic mass is 9.91. The third-order valence-corrected chi connectivity index (χ3v) is 7.32. The first kappa shape index (κ1) is 29.9. The highest BCUT2D eigenvalue weighted by atomic mass is 16.8. The van der Waals surface area contributed by atoms with Crippen molar-refractivity contribution < 1.29 is 33.7 Å². The number of nitrogens with one attached hydrogen (secondary N) is 1. The van der Waals surface area contributed by atoms with Crippen LogP contribution in [-0.2, 0) is 29.6 Å². The molecule has 0 radical (unpaired) electrons.